The van der Waals surface area contributed by atoms with E-state index in [1.807, 2.05) is 0 Å². The maximum atomic E-state index is 5.86. The zero-order chi connectivity index (χ0) is 14.9. The number of nitrogens with one attached hydrogen (secondary N) is 1. The second-order valence-electron chi connectivity index (χ2n) is 7.49. The third-order valence-corrected chi connectivity index (χ3v) is 5.37. The lowest BCUT2D eigenvalue weighted by atomic mass is 9.65. The van der Waals surface area contributed by atoms with E-state index in [9.17, 15) is 0 Å². The molecular formula is C19H29NO. The highest BCUT2D eigenvalue weighted by Crippen LogP contribution is 2.46. The van der Waals surface area contributed by atoms with Crippen molar-refractivity contribution in [2.24, 2.45) is 11.3 Å². The van der Waals surface area contributed by atoms with Crippen molar-refractivity contribution in [3.05, 3.63) is 29.8 Å². The molecule has 0 bridgehead atoms. The molecule has 1 aromatic rings. The summed E-state index contributed by atoms with van der Waals surface area (Å²) in [6.07, 6.45) is 8.35. The van der Waals surface area contributed by atoms with E-state index in [2.05, 4.69) is 50.5 Å². The minimum Gasteiger partial charge on any atom is -0.490 e. The van der Waals surface area contributed by atoms with Gasteiger partial charge in [-0.1, -0.05) is 38.8 Å². The fourth-order valence-electron chi connectivity index (χ4n) is 3.87. The van der Waals surface area contributed by atoms with Crippen molar-refractivity contribution in [2.45, 2.75) is 64.5 Å². The fraction of sp³-hybridized carbons (Fsp3) is 0.684. The summed E-state index contributed by atoms with van der Waals surface area (Å²) in [5.74, 6) is 1.74. The Kier molecular flexibility index (Phi) is 4.26. The van der Waals surface area contributed by atoms with Crippen LogP contribution in [0.4, 0.5) is 0 Å². The van der Waals surface area contributed by atoms with Crippen molar-refractivity contribution in [2.75, 3.05) is 7.05 Å². The van der Waals surface area contributed by atoms with Crippen molar-refractivity contribution in [3.63, 3.8) is 0 Å². The Hall–Kier alpha value is -1.02. The summed E-state index contributed by atoms with van der Waals surface area (Å²) in [6, 6.07) is 9.25. The largest absolute Gasteiger partial charge is 0.490 e. The van der Waals surface area contributed by atoms with Crippen LogP contribution in [0.3, 0.4) is 0 Å². The summed E-state index contributed by atoms with van der Waals surface area (Å²) in [7, 11) is 2.10. The smallest absolute Gasteiger partial charge is 0.119 e. The lowest BCUT2D eigenvalue weighted by molar-refractivity contribution is 0.101. The molecule has 3 rings (SSSR count). The number of hydrogen-bond acceptors (Lipinski definition) is 2. The summed E-state index contributed by atoms with van der Waals surface area (Å²) in [5, 5.41) is 3.58. The predicted octanol–water partition coefficient (Wildman–Crippen LogP) is 4.70. The van der Waals surface area contributed by atoms with Gasteiger partial charge < -0.3 is 10.1 Å². The molecule has 2 aliphatic rings. The fourth-order valence-corrected chi connectivity index (χ4v) is 3.87. The van der Waals surface area contributed by atoms with Gasteiger partial charge in [0.2, 0.25) is 0 Å². The van der Waals surface area contributed by atoms with E-state index >= 15 is 0 Å². The van der Waals surface area contributed by atoms with Crippen LogP contribution in [-0.2, 0) is 0 Å². The van der Waals surface area contributed by atoms with Crippen LogP contribution in [0, 0.1) is 11.3 Å². The lowest BCUT2D eigenvalue weighted by Gasteiger charge is -2.43. The second-order valence-corrected chi connectivity index (χ2v) is 7.49. The summed E-state index contributed by atoms with van der Waals surface area (Å²) < 4.78 is 5.86. The quantitative estimate of drug-likeness (QED) is 0.847. The molecule has 2 fully saturated rings. The Bertz CT molecular complexity index is 461. The lowest BCUT2D eigenvalue weighted by Crippen LogP contribution is -2.37. The topological polar surface area (TPSA) is 21.3 Å². The van der Waals surface area contributed by atoms with E-state index in [-0.39, 0.29) is 0 Å². The highest BCUT2D eigenvalue weighted by atomic mass is 16.5. The molecule has 0 spiro atoms. The van der Waals surface area contributed by atoms with Gasteiger partial charge in [-0.25, -0.2) is 0 Å². The molecule has 0 amide bonds. The second kappa shape index (κ2) is 6.00. The van der Waals surface area contributed by atoms with E-state index in [1.54, 1.807) is 0 Å². The van der Waals surface area contributed by atoms with Gasteiger partial charge >= 0.3 is 0 Å². The molecule has 2 heteroatoms. The van der Waals surface area contributed by atoms with Gasteiger partial charge in [0, 0.05) is 6.04 Å². The molecule has 1 aromatic carbocycles. The minimum absolute atomic E-state index is 0.426. The molecule has 116 valence electrons. The minimum atomic E-state index is 0.426. The first kappa shape index (κ1) is 14.9. The SMILES string of the molecule is CNC(c1ccc(OC2CC2)cc1)C1CCCCC1(C)C. The third kappa shape index (κ3) is 3.42. The molecule has 0 radical (unpaired) electrons. The van der Waals surface area contributed by atoms with Gasteiger partial charge in [-0.3, -0.25) is 0 Å². The molecule has 2 saturated carbocycles. The van der Waals surface area contributed by atoms with E-state index in [0.29, 0.717) is 23.5 Å². The van der Waals surface area contributed by atoms with E-state index in [4.69, 9.17) is 4.74 Å². The van der Waals surface area contributed by atoms with E-state index in [1.165, 1.54) is 44.1 Å². The molecule has 0 heterocycles. The van der Waals surface area contributed by atoms with Crippen LogP contribution in [0.1, 0.15) is 64.0 Å². The normalized spacial score (nSPS) is 26.3. The van der Waals surface area contributed by atoms with Gasteiger partial charge in [0.15, 0.2) is 0 Å². The van der Waals surface area contributed by atoms with Crippen LogP contribution in [0.25, 0.3) is 0 Å². The first-order valence-corrected chi connectivity index (χ1v) is 8.54. The highest BCUT2D eigenvalue weighted by molar-refractivity contribution is 5.30. The number of ether oxygens (including phenoxy) is 1. The average Bonchev–Trinajstić information content (AvgIpc) is 3.27. The van der Waals surface area contributed by atoms with Gasteiger partial charge in [0.05, 0.1) is 6.10 Å². The van der Waals surface area contributed by atoms with Crippen LogP contribution < -0.4 is 10.1 Å². The third-order valence-electron chi connectivity index (χ3n) is 5.37. The molecule has 2 nitrogen and oxygen atoms in total. The molecule has 0 saturated heterocycles. The Labute approximate surface area is 129 Å². The highest BCUT2D eigenvalue weighted by Gasteiger charge is 2.37. The molecule has 21 heavy (non-hydrogen) atoms. The Morgan fingerprint density at radius 1 is 1.10 bits per heavy atom. The van der Waals surface area contributed by atoms with Gasteiger partial charge in [0.1, 0.15) is 5.75 Å². The summed E-state index contributed by atoms with van der Waals surface area (Å²) in [4.78, 5) is 0. The molecule has 1 N–H and O–H groups in total. The van der Waals surface area contributed by atoms with Crippen LogP contribution in [0.5, 0.6) is 5.75 Å². The molecule has 0 aromatic heterocycles. The first-order chi connectivity index (χ1) is 10.1. The number of rotatable bonds is 5. The molecular weight excluding hydrogens is 258 g/mol. The Balaban J connectivity index is 1.75. The van der Waals surface area contributed by atoms with E-state index < -0.39 is 0 Å². The molecule has 2 aliphatic carbocycles. The van der Waals surface area contributed by atoms with Crippen molar-refractivity contribution in [1.29, 1.82) is 0 Å². The molecule has 2 unspecified atom stereocenters. The molecule has 0 aliphatic heterocycles. The van der Waals surface area contributed by atoms with Crippen molar-refractivity contribution < 1.29 is 4.74 Å². The van der Waals surface area contributed by atoms with Crippen LogP contribution in [0.2, 0.25) is 0 Å². The molecule has 2 atom stereocenters. The predicted molar refractivity (Wildman–Crippen MR) is 87.6 cm³/mol. The zero-order valence-electron chi connectivity index (χ0n) is 13.7. The van der Waals surface area contributed by atoms with Crippen molar-refractivity contribution in [1.82, 2.24) is 5.32 Å². The van der Waals surface area contributed by atoms with Crippen molar-refractivity contribution >= 4 is 0 Å². The standard InChI is InChI=1S/C19H29NO/c1-19(2)13-5-4-6-17(19)18(20-3)14-7-9-15(10-8-14)21-16-11-12-16/h7-10,16-18,20H,4-6,11-13H2,1-3H3. The summed E-state index contributed by atoms with van der Waals surface area (Å²) >= 11 is 0. The summed E-state index contributed by atoms with van der Waals surface area (Å²) in [6.45, 7) is 4.87. The van der Waals surface area contributed by atoms with Crippen LogP contribution in [0.15, 0.2) is 24.3 Å². The Morgan fingerprint density at radius 2 is 1.81 bits per heavy atom. The van der Waals surface area contributed by atoms with Gasteiger partial charge in [-0.2, -0.15) is 0 Å². The number of hydrogen-bond donors (Lipinski definition) is 1. The summed E-state index contributed by atoms with van der Waals surface area (Å²) in [5.41, 5.74) is 1.83. The maximum absolute atomic E-state index is 5.86. The monoisotopic (exact) mass is 287 g/mol. The van der Waals surface area contributed by atoms with Gasteiger partial charge in [0.25, 0.3) is 0 Å². The average molecular weight is 287 g/mol. The van der Waals surface area contributed by atoms with Crippen LogP contribution >= 0.6 is 0 Å². The van der Waals surface area contributed by atoms with Crippen molar-refractivity contribution in [3.8, 4) is 5.75 Å². The first-order valence-electron chi connectivity index (χ1n) is 8.54. The number of benzene rings is 1. The van der Waals surface area contributed by atoms with Crippen LogP contribution in [-0.4, -0.2) is 13.2 Å². The Morgan fingerprint density at radius 3 is 2.38 bits per heavy atom. The van der Waals surface area contributed by atoms with Gasteiger partial charge in [-0.15, -0.1) is 0 Å². The maximum Gasteiger partial charge on any atom is 0.119 e. The van der Waals surface area contributed by atoms with E-state index in [0.717, 1.165) is 5.75 Å². The zero-order valence-corrected chi connectivity index (χ0v) is 13.7. The van der Waals surface area contributed by atoms with Gasteiger partial charge in [-0.05, 0) is 61.8 Å².